The lowest BCUT2D eigenvalue weighted by Crippen LogP contribution is -2.53. The number of carbonyl (C=O) groups is 2. The van der Waals surface area contributed by atoms with E-state index in [1.807, 2.05) is 36.0 Å². The fraction of sp³-hybridized carbons (Fsp3) is 0.360. The molecule has 2 heterocycles. The summed E-state index contributed by atoms with van der Waals surface area (Å²) in [6.07, 6.45) is -2.23. The topological polar surface area (TPSA) is 75.0 Å². The highest BCUT2D eigenvalue weighted by molar-refractivity contribution is 5.98. The van der Waals surface area contributed by atoms with E-state index in [0.717, 1.165) is 10.9 Å². The number of piperazine rings is 1. The van der Waals surface area contributed by atoms with Gasteiger partial charge in [-0.15, -0.1) is 13.2 Å². The van der Waals surface area contributed by atoms with Crippen molar-refractivity contribution in [1.29, 1.82) is 0 Å². The van der Waals surface area contributed by atoms with Gasteiger partial charge in [0.15, 0.2) is 0 Å². The molecule has 0 spiro atoms. The van der Waals surface area contributed by atoms with Crippen molar-refractivity contribution in [3.8, 4) is 16.9 Å². The van der Waals surface area contributed by atoms with Gasteiger partial charge in [0, 0.05) is 50.3 Å². The zero-order valence-corrected chi connectivity index (χ0v) is 19.0. The smallest absolute Gasteiger partial charge is 0.405 e. The zero-order chi connectivity index (χ0) is 25.0. The Morgan fingerprint density at radius 3 is 2.23 bits per heavy atom. The van der Waals surface area contributed by atoms with Crippen LogP contribution >= 0.6 is 0 Å². The van der Waals surface area contributed by atoms with E-state index in [0.29, 0.717) is 24.0 Å². The van der Waals surface area contributed by atoms with Gasteiger partial charge in [0.2, 0.25) is 0 Å². The summed E-state index contributed by atoms with van der Waals surface area (Å²) in [6, 6.07) is 11.6. The highest BCUT2D eigenvalue weighted by Gasteiger charge is 2.50. The third-order valence-corrected chi connectivity index (χ3v) is 6.63. The molecule has 0 atom stereocenters. The Bertz CT molecular complexity index is 1310. The number of amides is 2. The van der Waals surface area contributed by atoms with Gasteiger partial charge in [-0.3, -0.25) is 9.59 Å². The molecule has 10 heteroatoms. The van der Waals surface area contributed by atoms with Gasteiger partial charge in [0.25, 0.3) is 11.8 Å². The second kappa shape index (κ2) is 8.30. The molecule has 0 bridgehead atoms. The number of carbonyl (C=O) groups excluding carboxylic acids is 2. The van der Waals surface area contributed by atoms with Crippen LogP contribution in [0.25, 0.3) is 22.0 Å². The van der Waals surface area contributed by atoms with Gasteiger partial charge in [0.05, 0.1) is 5.56 Å². The number of halogens is 3. The van der Waals surface area contributed by atoms with Crippen LogP contribution < -0.4 is 4.74 Å². The Labute approximate surface area is 199 Å². The lowest BCUT2D eigenvalue weighted by Gasteiger charge is -2.36. The maximum Gasteiger partial charge on any atom is 0.573 e. The van der Waals surface area contributed by atoms with Crippen molar-refractivity contribution in [2.24, 2.45) is 7.05 Å². The van der Waals surface area contributed by atoms with Gasteiger partial charge in [-0.2, -0.15) is 0 Å². The molecule has 1 saturated carbocycles. The number of alkyl halides is 3. The fourth-order valence-corrected chi connectivity index (χ4v) is 4.46. The first-order chi connectivity index (χ1) is 16.5. The number of aromatic nitrogens is 1. The highest BCUT2D eigenvalue weighted by Crippen LogP contribution is 2.37. The van der Waals surface area contributed by atoms with Crippen molar-refractivity contribution in [3.05, 3.63) is 54.2 Å². The van der Waals surface area contributed by atoms with Crippen molar-refractivity contribution in [3.63, 3.8) is 0 Å². The zero-order valence-electron chi connectivity index (χ0n) is 19.0. The van der Waals surface area contributed by atoms with Gasteiger partial charge in [0.1, 0.15) is 11.4 Å². The molecule has 7 nitrogen and oxygen atoms in total. The third-order valence-electron chi connectivity index (χ3n) is 6.63. The van der Waals surface area contributed by atoms with Crippen LogP contribution in [0.2, 0.25) is 0 Å². The molecule has 2 aliphatic rings. The van der Waals surface area contributed by atoms with Crippen LogP contribution in [0.1, 0.15) is 23.2 Å². The molecular weight excluding hydrogens is 463 g/mol. The average Bonchev–Trinajstić information content (AvgIpc) is 3.48. The van der Waals surface area contributed by atoms with E-state index < -0.39 is 23.6 Å². The van der Waals surface area contributed by atoms with Crippen molar-refractivity contribution in [2.45, 2.75) is 24.8 Å². The summed E-state index contributed by atoms with van der Waals surface area (Å²) in [5, 5.41) is 11.0. The Morgan fingerprint density at radius 2 is 1.57 bits per heavy atom. The van der Waals surface area contributed by atoms with Crippen LogP contribution in [-0.2, 0) is 11.8 Å². The maximum absolute atomic E-state index is 13.2. The van der Waals surface area contributed by atoms with Crippen LogP contribution in [0.15, 0.2) is 48.7 Å². The maximum atomic E-state index is 13.2. The normalized spacial score (nSPS) is 17.5. The van der Waals surface area contributed by atoms with E-state index in [1.165, 1.54) is 21.9 Å². The minimum absolute atomic E-state index is 0.151. The molecule has 0 unspecified atom stereocenters. The summed E-state index contributed by atoms with van der Waals surface area (Å²) in [6.45, 7) is 0.714. The molecule has 5 rings (SSSR count). The van der Waals surface area contributed by atoms with Crippen LogP contribution in [0.4, 0.5) is 13.2 Å². The standard InChI is InChI=1S/C25H24F3N3O4/c1-29-9-6-18-14-16(3-5-20(18)29)17-2-4-19(21(15-17)35-25(26,27)28)22(32)30-10-12-31(13-11-30)23(33)24(34)7-8-24/h2-6,9,14-15,34H,7-8,10-13H2,1H3. The van der Waals surface area contributed by atoms with Gasteiger partial charge in [-0.25, -0.2) is 0 Å². The quantitative estimate of drug-likeness (QED) is 0.611. The minimum atomic E-state index is -4.97. The molecule has 1 aliphatic heterocycles. The molecule has 1 aliphatic carbocycles. The van der Waals surface area contributed by atoms with E-state index in [1.54, 1.807) is 12.1 Å². The summed E-state index contributed by atoms with van der Waals surface area (Å²) in [5.41, 5.74) is 0.670. The lowest BCUT2D eigenvalue weighted by molar-refractivity contribution is -0.274. The molecule has 2 amide bonds. The number of hydrogen-bond donors (Lipinski definition) is 1. The molecule has 0 radical (unpaired) electrons. The molecule has 1 saturated heterocycles. The Balaban J connectivity index is 1.39. The number of aliphatic hydroxyl groups is 1. The molecule has 1 N–H and O–H groups in total. The molecule has 2 fully saturated rings. The van der Waals surface area contributed by atoms with Crippen molar-refractivity contribution < 1.29 is 32.6 Å². The molecular formula is C25H24F3N3O4. The molecule has 184 valence electrons. The predicted octanol–water partition coefficient (Wildman–Crippen LogP) is 3.55. The fourth-order valence-electron chi connectivity index (χ4n) is 4.46. The monoisotopic (exact) mass is 487 g/mol. The second-order valence-electron chi connectivity index (χ2n) is 9.07. The summed E-state index contributed by atoms with van der Waals surface area (Å²) in [4.78, 5) is 28.4. The van der Waals surface area contributed by atoms with Gasteiger partial charge >= 0.3 is 6.36 Å². The Hall–Kier alpha value is -3.53. The first kappa shape index (κ1) is 23.2. The molecule has 35 heavy (non-hydrogen) atoms. The van der Waals surface area contributed by atoms with Crippen LogP contribution in [0.5, 0.6) is 5.75 Å². The second-order valence-corrected chi connectivity index (χ2v) is 9.07. The van der Waals surface area contributed by atoms with Gasteiger partial charge in [-0.05, 0) is 54.3 Å². The largest absolute Gasteiger partial charge is 0.573 e. The number of hydrogen-bond acceptors (Lipinski definition) is 4. The number of ether oxygens (including phenoxy) is 1. The van der Waals surface area contributed by atoms with Crippen molar-refractivity contribution in [1.82, 2.24) is 14.4 Å². The first-order valence-corrected chi connectivity index (χ1v) is 11.3. The third kappa shape index (κ3) is 4.58. The summed E-state index contributed by atoms with van der Waals surface area (Å²) >= 11 is 0. The van der Waals surface area contributed by atoms with E-state index in [9.17, 15) is 27.9 Å². The summed E-state index contributed by atoms with van der Waals surface area (Å²) in [7, 11) is 1.90. The van der Waals surface area contributed by atoms with Crippen molar-refractivity contribution >= 4 is 22.7 Å². The number of aryl methyl sites for hydroxylation is 1. The summed E-state index contributed by atoms with van der Waals surface area (Å²) in [5.74, 6) is -1.53. The molecule has 1 aromatic heterocycles. The van der Waals surface area contributed by atoms with Crippen molar-refractivity contribution in [2.75, 3.05) is 26.2 Å². The van der Waals surface area contributed by atoms with Crippen LogP contribution in [0.3, 0.4) is 0 Å². The number of nitrogens with zero attached hydrogens (tertiary/aromatic N) is 3. The number of rotatable bonds is 4. The SMILES string of the molecule is Cn1ccc2cc(-c3ccc(C(=O)N4CCN(C(=O)C5(O)CC5)CC4)c(OC(F)(F)F)c3)ccc21. The van der Waals surface area contributed by atoms with Crippen LogP contribution in [-0.4, -0.2) is 69.4 Å². The Morgan fingerprint density at radius 1 is 0.943 bits per heavy atom. The predicted molar refractivity (Wildman–Crippen MR) is 122 cm³/mol. The lowest BCUT2D eigenvalue weighted by atomic mass is 10.0. The van der Waals surface area contributed by atoms with E-state index in [2.05, 4.69) is 4.74 Å². The Kier molecular flexibility index (Phi) is 5.51. The van der Waals surface area contributed by atoms with Gasteiger partial charge in [-0.1, -0.05) is 12.1 Å². The van der Waals surface area contributed by atoms with Crippen LogP contribution in [0, 0.1) is 0 Å². The molecule has 3 aromatic rings. The minimum Gasteiger partial charge on any atom is -0.405 e. The number of benzene rings is 2. The summed E-state index contributed by atoms with van der Waals surface area (Å²) < 4.78 is 45.8. The highest BCUT2D eigenvalue weighted by atomic mass is 19.4. The first-order valence-electron chi connectivity index (χ1n) is 11.3. The van der Waals surface area contributed by atoms with Gasteiger partial charge < -0.3 is 24.2 Å². The molecule has 2 aromatic carbocycles. The van der Waals surface area contributed by atoms with E-state index in [-0.39, 0.29) is 37.6 Å². The average molecular weight is 487 g/mol. The van der Waals surface area contributed by atoms with E-state index >= 15 is 0 Å². The van der Waals surface area contributed by atoms with E-state index in [4.69, 9.17) is 0 Å². The number of fused-ring (bicyclic) bond motifs is 1.